The molecule has 110 valence electrons. The second-order valence-corrected chi connectivity index (χ2v) is 6.59. The van der Waals surface area contributed by atoms with Crippen LogP contribution in [0.3, 0.4) is 0 Å². The van der Waals surface area contributed by atoms with Crippen molar-refractivity contribution in [1.82, 2.24) is 0 Å². The minimum atomic E-state index is -0.442. The molecule has 0 spiro atoms. The highest BCUT2D eigenvalue weighted by atomic mass is 17.0. The summed E-state index contributed by atoms with van der Waals surface area (Å²) in [5.74, 6) is 0.331. The Morgan fingerprint density at radius 3 is 2.05 bits per heavy atom. The largest absolute Gasteiger partial charge is 0.298 e. The predicted octanol–water partition coefficient (Wildman–Crippen LogP) is 3.86. The molecule has 1 aromatic rings. The maximum Gasteiger partial charge on any atom is 0.150 e. The molecule has 1 saturated heterocycles. The molecular weight excluding hydrogens is 254 g/mol. The molecule has 1 fully saturated rings. The van der Waals surface area contributed by atoms with Gasteiger partial charge < -0.3 is 0 Å². The number of rotatable bonds is 3. The molecule has 4 nitrogen and oxygen atoms in total. The summed E-state index contributed by atoms with van der Waals surface area (Å²) >= 11 is 0. The molecule has 4 heteroatoms. The molecule has 1 aliphatic heterocycles. The van der Waals surface area contributed by atoms with E-state index in [0.29, 0.717) is 11.5 Å². The highest BCUT2D eigenvalue weighted by Gasteiger charge is 2.50. The van der Waals surface area contributed by atoms with Crippen molar-refractivity contribution in [3.8, 4) is 0 Å². The van der Waals surface area contributed by atoms with Crippen molar-refractivity contribution in [3.05, 3.63) is 29.3 Å². The molecule has 0 amide bonds. The maximum atomic E-state index is 11.1. The molecule has 1 aliphatic rings. The predicted molar refractivity (Wildman–Crippen MR) is 78.7 cm³/mol. The van der Waals surface area contributed by atoms with Gasteiger partial charge in [-0.15, -0.1) is 5.23 Å². The van der Waals surface area contributed by atoms with Gasteiger partial charge in [0.05, 0.1) is 5.69 Å². The van der Waals surface area contributed by atoms with E-state index in [1.54, 1.807) is 6.07 Å². The van der Waals surface area contributed by atoms with Crippen LogP contribution in [0.15, 0.2) is 18.2 Å². The lowest BCUT2D eigenvalue weighted by Crippen LogP contribution is -2.41. The molecule has 0 atom stereocenters. The van der Waals surface area contributed by atoms with E-state index in [0.717, 1.165) is 17.5 Å². The van der Waals surface area contributed by atoms with Crippen LogP contribution in [0.2, 0.25) is 0 Å². The van der Waals surface area contributed by atoms with Crippen LogP contribution in [0.25, 0.3) is 0 Å². The maximum absolute atomic E-state index is 11.1. The summed E-state index contributed by atoms with van der Waals surface area (Å²) in [5, 5.41) is 1.43. The first-order valence-corrected chi connectivity index (χ1v) is 6.95. The van der Waals surface area contributed by atoms with Crippen LogP contribution in [-0.2, 0) is 9.68 Å². The van der Waals surface area contributed by atoms with Crippen molar-refractivity contribution >= 4 is 12.0 Å². The van der Waals surface area contributed by atoms with Gasteiger partial charge in [-0.25, -0.2) is 9.68 Å². The van der Waals surface area contributed by atoms with Crippen LogP contribution in [0.5, 0.6) is 0 Å². The van der Waals surface area contributed by atoms with E-state index in [1.807, 2.05) is 39.8 Å². The van der Waals surface area contributed by atoms with E-state index in [9.17, 15) is 4.79 Å². The average molecular weight is 277 g/mol. The lowest BCUT2D eigenvalue weighted by Gasteiger charge is -2.26. The van der Waals surface area contributed by atoms with Gasteiger partial charge in [-0.2, -0.15) is 0 Å². The van der Waals surface area contributed by atoms with Gasteiger partial charge in [0, 0.05) is 5.56 Å². The Labute approximate surface area is 120 Å². The van der Waals surface area contributed by atoms with Crippen molar-refractivity contribution in [3.63, 3.8) is 0 Å². The number of carbonyl (C=O) groups excluding carboxylic acids is 1. The number of nitrogens with zero attached hydrogens (tertiary/aromatic N) is 1. The fraction of sp³-hybridized carbons (Fsp3) is 0.562. The number of hydrogen-bond donors (Lipinski definition) is 0. The van der Waals surface area contributed by atoms with Crippen LogP contribution in [0.4, 0.5) is 5.69 Å². The van der Waals surface area contributed by atoms with Gasteiger partial charge in [-0.05, 0) is 57.4 Å². The zero-order valence-corrected chi connectivity index (χ0v) is 13.1. The number of anilines is 1. The van der Waals surface area contributed by atoms with Crippen molar-refractivity contribution in [2.45, 2.75) is 58.7 Å². The lowest BCUT2D eigenvalue weighted by molar-refractivity contribution is -0.0273. The van der Waals surface area contributed by atoms with E-state index in [4.69, 9.17) is 9.68 Å². The Balaban J connectivity index is 2.39. The Bertz CT molecular complexity index is 504. The summed E-state index contributed by atoms with van der Waals surface area (Å²) in [6.07, 6.45) is 0.849. The number of hydrogen-bond acceptors (Lipinski definition) is 4. The molecule has 0 aromatic heterocycles. The standard InChI is InChI=1S/C16H23NO3/c1-11(2)13-7-12(10-18)8-14(9-13)17-19-15(3,4)16(5,6)20-17/h7-11H,1-6H3. The number of carbonyl (C=O) groups is 1. The van der Waals surface area contributed by atoms with Crippen molar-refractivity contribution in [2.75, 3.05) is 5.23 Å². The molecule has 0 unspecified atom stereocenters. The summed E-state index contributed by atoms with van der Waals surface area (Å²) in [7, 11) is 0. The van der Waals surface area contributed by atoms with Gasteiger partial charge in [-0.1, -0.05) is 13.8 Å². The summed E-state index contributed by atoms with van der Waals surface area (Å²) < 4.78 is 0. The first kappa shape index (κ1) is 15.0. The van der Waals surface area contributed by atoms with Crippen LogP contribution in [0.1, 0.15) is 63.4 Å². The highest BCUT2D eigenvalue weighted by molar-refractivity contribution is 5.77. The molecule has 0 aliphatic carbocycles. The van der Waals surface area contributed by atoms with E-state index >= 15 is 0 Å². The SMILES string of the molecule is CC(C)c1cc(C=O)cc(N2OC(C)(C)C(C)(C)O2)c1. The fourth-order valence-electron chi connectivity index (χ4n) is 1.92. The first-order valence-electron chi connectivity index (χ1n) is 6.95. The molecular formula is C16H23NO3. The quantitative estimate of drug-likeness (QED) is 0.786. The Kier molecular flexibility index (Phi) is 3.65. The molecule has 1 aromatic carbocycles. The average Bonchev–Trinajstić information content (AvgIpc) is 2.58. The summed E-state index contributed by atoms with van der Waals surface area (Å²) in [6, 6.07) is 5.67. The van der Waals surface area contributed by atoms with E-state index in [1.165, 1.54) is 5.23 Å². The minimum Gasteiger partial charge on any atom is -0.298 e. The number of benzene rings is 1. The van der Waals surface area contributed by atoms with E-state index in [2.05, 4.69) is 13.8 Å². The van der Waals surface area contributed by atoms with Crippen LogP contribution in [-0.4, -0.2) is 17.5 Å². The second-order valence-electron chi connectivity index (χ2n) is 6.59. The van der Waals surface area contributed by atoms with Gasteiger partial charge in [-0.3, -0.25) is 4.79 Å². The smallest absolute Gasteiger partial charge is 0.150 e. The minimum absolute atomic E-state index is 0.331. The molecule has 0 saturated carbocycles. The first-order chi connectivity index (χ1) is 9.16. The van der Waals surface area contributed by atoms with Gasteiger partial charge >= 0.3 is 0 Å². The Morgan fingerprint density at radius 1 is 1.05 bits per heavy atom. The summed E-state index contributed by atoms with van der Waals surface area (Å²) in [4.78, 5) is 22.9. The van der Waals surface area contributed by atoms with E-state index < -0.39 is 11.2 Å². The number of aldehydes is 1. The van der Waals surface area contributed by atoms with Crippen LogP contribution < -0.4 is 5.23 Å². The third kappa shape index (κ3) is 2.58. The molecule has 1 heterocycles. The third-order valence-electron chi connectivity index (χ3n) is 4.05. The molecule has 20 heavy (non-hydrogen) atoms. The Hall–Kier alpha value is -1.39. The van der Waals surface area contributed by atoms with Gasteiger partial charge in [0.1, 0.15) is 17.5 Å². The van der Waals surface area contributed by atoms with Crippen molar-refractivity contribution < 1.29 is 14.5 Å². The molecule has 0 N–H and O–H groups in total. The zero-order valence-electron chi connectivity index (χ0n) is 13.1. The molecule has 0 radical (unpaired) electrons. The fourth-order valence-corrected chi connectivity index (χ4v) is 1.92. The third-order valence-corrected chi connectivity index (χ3v) is 4.05. The topological polar surface area (TPSA) is 38.8 Å². The molecule has 0 bridgehead atoms. The van der Waals surface area contributed by atoms with Crippen molar-refractivity contribution in [1.29, 1.82) is 0 Å². The molecule has 2 rings (SSSR count). The van der Waals surface area contributed by atoms with Crippen LogP contribution >= 0.6 is 0 Å². The van der Waals surface area contributed by atoms with E-state index in [-0.39, 0.29) is 0 Å². The lowest BCUT2D eigenvalue weighted by atomic mass is 9.90. The summed E-state index contributed by atoms with van der Waals surface area (Å²) in [6.45, 7) is 12.1. The second kappa shape index (κ2) is 4.86. The monoisotopic (exact) mass is 277 g/mol. The van der Waals surface area contributed by atoms with Gasteiger partial charge in [0.2, 0.25) is 0 Å². The zero-order chi connectivity index (χ0) is 15.1. The van der Waals surface area contributed by atoms with Crippen molar-refractivity contribution in [2.24, 2.45) is 0 Å². The summed E-state index contributed by atoms with van der Waals surface area (Å²) in [5.41, 5.74) is 1.57. The van der Waals surface area contributed by atoms with Gasteiger partial charge in [0.25, 0.3) is 0 Å². The van der Waals surface area contributed by atoms with Crippen LogP contribution in [0, 0.1) is 0 Å². The normalized spacial score (nSPS) is 20.4. The highest BCUT2D eigenvalue weighted by Crippen LogP contribution is 2.40. The van der Waals surface area contributed by atoms with Gasteiger partial charge in [0.15, 0.2) is 0 Å². The Morgan fingerprint density at radius 2 is 1.60 bits per heavy atom.